The topological polar surface area (TPSA) is 81.7 Å². The molecule has 0 spiro atoms. The fraction of sp³-hybridized carbons (Fsp3) is 0.333. The van der Waals surface area contributed by atoms with Gasteiger partial charge in [-0.1, -0.05) is 0 Å². The van der Waals surface area contributed by atoms with Gasteiger partial charge in [0.15, 0.2) is 0 Å². The molecule has 1 aliphatic rings. The van der Waals surface area contributed by atoms with Gasteiger partial charge in [0.2, 0.25) is 0 Å². The molecule has 2 rings (SSSR count). The normalized spacial score (nSPS) is 15.7. The van der Waals surface area contributed by atoms with Crippen molar-refractivity contribution in [3.05, 3.63) is 35.9 Å². The number of aliphatic carboxylic acids is 1. The minimum absolute atomic E-state index is 0.0901. The third-order valence-electron chi connectivity index (χ3n) is 3.19. The second-order valence-corrected chi connectivity index (χ2v) is 4.75. The molecule has 6 heteroatoms. The lowest BCUT2D eigenvalue weighted by Gasteiger charge is -2.28. The summed E-state index contributed by atoms with van der Waals surface area (Å²) in [5.74, 6) is -1.84. The maximum absolute atomic E-state index is 11.7. The van der Waals surface area contributed by atoms with Crippen molar-refractivity contribution in [1.82, 2.24) is 0 Å². The van der Waals surface area contributed by atoms with Crippen LogP contribution in [0, 0.1) is 0 Å². The van der Waals surface area contributed by atoms with Crippen LogP contribution in [0.1, 0.15) is 6.92 Å². The molecule has 112 valence electrons. The maximum Gasteiger partial charge on any atom is 0.251 e. The van der Waals surface area contributed by atoms with E-state index in [9.17, 15) is 14.7 Å². The molecule has 1 heterocycles. The molecule has 6 nitrogen and oxygen atoms in total. The second-order valence-electron chi connectivity index (χ2n) is 4.75. The number of benzene rings is 1. The first-order chi connectivity index (χ1) is 10.1. The van der Waals surface area contributed by atoms with Gasteiger partial charge in [-0.05, 0) is 37.3 Å². The minimum atomic E-state index is -1.38. The van der Waals surface area contributed by atoms with Gasteiger partial charge in [-0.25, -0.2) is 0 Å². The number of carboxylic acids is 1. The third-order valence-corrected chi connectivity index (χ3v) is 3.19. The highest BCUT2D eigenvalue weighted by Gasteiger charge is 2.11. The molecule has 1 aromatic carbocycles. The lowest BCUT2D eigenvalue weighted by molar-refractivity contribution is -0.297. The molecular formula is C15H17N2O4-. The quantitative estimate of drug-likeness (QED) is 0.798. The first kappa shape index (κ1) is 15.1. The molecule has 0 radical (unpaired) electrons. The highest BCUT2D eigenvalue weighted by Crippen LogP contribution is 2.19. The molecule has 0 unspecified atom stereocenters. The summed E-state index contributed by atoms with van der Waals surface area (Å²) in [5.41, 5.74) is 1.77. The van der Waals surface area contributed by atoms with E-state index >= 15 is 0 Å². The minimum Gasteiger partial charge on any atom is -0.545 e. The van der Waals surface area contributed by atoms with Gasteiger partial charge in [-0.15, -0.1) is 0 Å². The average Bonchev–Trinajstić information content (AvgIpc) is 2.48. The number of nitrogens with zero attached hydrogens (tertiary/aromatic N) is 1. The number of morpholine rings is 1. The van der Waals surface area contributed by atoms with Crippen molar-refractivity contribution in [3.8, 4) is 0 Å². The van der Waals surface area contributed by atoms with Crippen LogP contribution in [0.5, 0.6) is 0 Å². The number of carbonyl (C=O) groups excluding carboxylic acids is 2. The Kier molecular flexibility index (Phi) is 4.94. The number of anilines is 2. The van der Waals surface area contributed by atoms with E-state index in [1.807, 2.05) is 12.1 Å². The van der Waals surface area contributed by atoms with Crippen molar-refractivity contribution in [1.29, 1.82) is 0 Å². The van der Waals surface area contributed by atoms with E-state index in [0.717, 1.165) is 24.9 Å². The van der Waals surface area contributed by atoms with E-state index in [2.05, 4.69) is 10.2 Å². The number of carboxylic acid groups (broad SMARTS) is 1. The molecule has 0 atom stereocenters. The van der Waals surface area contributed by atoms with E-state index in [4.69, 9.17) is 4.74 Å². The third kappa shape index (κ3) is 4.32. The summed E-state index contributed by atoms with van der Waals surface area (Å²) >= 11 is 0. The van der Waals surface area contributed by atoms with Crippen LogP contribution in [0.4, 0.5) is 11.4 Å². The number of rotatable bonds is 4. The molecule has 0 aliphatic carbocycles. The first-order valence-corrected chi connectivity index (χ1v) is 6.69. The van der Waals surface area contributed by atoms with Gasteiger partial charge in [-0.3, -0.25) is 4.79 Å². The van der Waals surface area contributed by atoms with Crippen LogP contribution >= 0.6 is 0 Å². The molecule has 0 aromatic heterocycles. The molecule has 0 saturated carbocycles. The Hall–Kier alpha value is -2.34. The Balaban J connectivity index is 1.99. The molecule has 21 heavy (non-hydrogen) atoms. The molecule has 1 N–H and O–H groups in total. The number of carbonyl (C=O) groups is 2. The molecule has 1 saturated heterocycles. The fourth-order valence-corrected chi connectivity index (χ4v) is 2.05. The SMILES string of the molecule is C/C(=C\C(=O)[O-])C(=O)Nc1ccc(N2CCOCC2)cc1. The Morgan fingerprint density at radius 3 is 2.43 bits per heavy atom. The van der Waals surface area contributed by atoms with Crippen molar-refractivity contribution in [2.75, 3.05) is 36.5 Å². The summed E-state index contributed by atoms with van der Waals surface area (Å²) in [7, 11) is 0. The molecule has 0 bridgehead atoms. The molecular weight excluding hydrogens is 272 g/mol. The van der Waals surface area contributed by atoms with Crippen LogP contribution in [0.2, 0.25) is 0 Å². The van der Waals surface area contributed by atoms with E-state index in [-0.39, 0.29) is 5.57 Å². The second kappa shape index (κ2) is 6.90. The Labute approximate surface area is 123 Å². The van der Waals surface area contributed by atoms with Gasteiger partial charge < -0.3 is 24.9 Å². The molecule has 1 aromatic rings. The number of ether oxygens (including phenoxy) is 1. The number of hydrogen-bond donors (Lipinski definition) is 1. The predicted octanol–water partition coefficient (Wildman–Crippen LogP) is 0.158. The standard InChI is InChI=1S/C15H18N2O4/c1-11(10-14(18)19)15(20)16-12-2-4-13(5-3-12)17-6-8-21-9-7-17/h2-5,10H,6-9H2,1H3,(H,16,20)(H,18,19)/p-1/b11-10+. The van der Waals surface area contributed by atoms with E-state index in [0.29, 0.717) is 18.9 Å². The molecule has 1 aliphatic heterocycles. The van der Waals surface area contributed by atoms with Crippen molar-refractivity contribution in [2.45, 2.75) is 6.92 Å². The zero-order valence-corrected chi connectivity index (χ0v) is 11.8. The van der Waals surface area contributed by atoms with E-state index in [1.54, 1.807) is 12.1 Å². The van der Waals surface area contributed by atoms with Gasteiger partial charge in [-0.2, -0.15) is 0 Å². The zero-order chi connectivity index (χ0) is 15.2. The molecule has 1 fully saturated rings. The number of nitrogens with one attached hydrogen (secondary N) is 1. The monoisotopic (exact) mass is 289 g/mol. The molecule has 1 amide bonds. The van der Waals surface area contributed by atoms with E-state index in [1.165, 1.54) is 6.92 Å². The van der Waals surface area contributed by atoms with Crippen LogP contribution in [-0.4, -0.2) is 38.2 Å². The largest absolute Gasteiger partial charge is 0.545 e. The summed E-state index contributed by atoms with van der Waals surface area (Å²) in [6.07, 6.45) is 0.775. The average molecular weight is 289 g/mol. The highest BCUT2D eigenvalue weighted by atomic mass is 16.5. The lowest BCUT2D eigenvalue weighted by Crippen LogP contribution is -2.36. The van der Waals surface area contributed by atoms with Crippen molar-refractivity contribution < 1.29 is 19.4 Å². The van der Waals surface area contributed by atoms with Gasteiger partial charge >= 0.3 is 0 Å². The zero-order valence-electron chi connectivity index (χ0n) is 11.8. The summed E-state index contributed by atoms with van der Waals surface area (Å²) in [5, 5.41) is 13.0. The van der Waals surface area contributed by atoms with Crippen LogP contribution in [0.25, 0.3) is 0 Å². The van der Waals surface area contributed by atoms with Crippen LogP contribution in [0.15, 0.2) is 35.9 Å². The smallest absolute Gasteiger partial charge is 0.251 e. The highest BCUT2D eigenvalue weighted by molar-refractivity contribution is 6.06. The van der Waals surface area contributed by atoms with Crippen LogP contribution < -0.4 is 15.3 Å². The van der Waals surface area contributed by atoms with Gasteiger partial charge in [0, 0.05) is 30.0 Å². The van der Waals surface area contributed by atoms with Crippen molar-refractivity contribution in [2.24, 2.45) is 0 Å². The summed E-state index contributed by atoms with van der Waals surface area (Å²) in [6.45, 7) is 4.54. The Morgan fingerprint density at radius 2 is 1.86 bits per heavy atom. The van der Waals surface area contributed by atoms with Gasteiger partial charge in [0.1, 0.15) is 0 Å². The summed E-state index contributed by atoms with van der Waals surface area (Å²) in [4.78, 5) is 24.3. The Morgan fingerprint density at radius 1 is 1.24 bits per heavy atom. The van der Waals surface area contributed by atoms with Crippen molar-refractivity contribution in [3.63, 3.8) is 0 Å². The Bertz CT molecular complexity index is 545. The van der Waals surface area contributed by atoms with E-state index < -0.39 is 11.9 Å². The maximum atomic E-state index is 11.7. The van der Waals surface area contributed by atoms with Crippen LogP contribution in [0.3, 0.4) is 0 Å². The van der Waals surface area contributed by atoms with Crippen LogP contribution in [-0.2, 0) is 14.3 Å². The summed E-state index contributed by atoms with van der Waals surface area (Å²) in [6, 6.07) is 7.40. The summed E-state index contributed by atoms with van der Waals surface area (Å²) < 4.78 is 5.30. The lowest BCUT2D eigenvalue weighted by atomic mass is 10.2. The predicted molar refractivity (Wildman–Crippen MR) is 76.9 cm³/mol. The first-order valence-electron chi connectivity index (χ1n) is 6.69. The van der Waals surface area contributed by atoms with Gasteiger partial charge in [0.05, 0.1) is 19.2 Å². The number of amides is 1. The fourth-order valence-electron chi connectivity index (χ4n) is 2.05. The number of hydrogen-bond acceptors (Lipinski definition) is 5. The van der Waals surface area contributed by atoms with Crippen molar-refractivity contribution >= 4 is 23.3 Å². The van der Waals surface area contributed by atoms with Gasteiger partial charge in [0.25, 0.3) is 5.91 Å².